The average Bonchev–Trinajstić information content (AvgIpc) is 2.77. The highest BCUT2D eigenvalue weighted by molar-refractivity contribution is 6.04. The van der Waals surface area contributed by atoms with Gasteiger partial charge in [0.15, 0.2) is 5.78 Å². The van der Waals surface area contributed by atoms with Crippen molar-refractivity contribution in [2.45, 2.75) is 99.8 Å². The maximum Gasteiger partial charge on any atom is 0.178 e. The smallest absolute Gasteiger partial charge is 0.178 e. The standard InChI is InChI=1S/C31H46N2O2/c1-26(2)10-12-31(18-33)13-11-30(7)24(20(31)16-26)21(34)14-23-28(5)15-19(17-32)25(35)27(3,4)22(28)8-9-29(23,30)6/h15,20,22-24H,8-14,16,18,33H2,1-7H3/t20-,22?,23+,24-,28-,29+,30+,31+/m0/s1. The maximum atomic E-state index is 14.4. The molecule has 5 rings (SSSR count). The molecule has 0 saturated heterocycles. The molecule has 2 N–H and O–H groups in total. The van der Waals surface area contributed by atoms with Crippen LogP contribution in [0.1, 0.15) is 99.8 Å². The molecule has 5 aliphatic carbocycles. The van der Waals surface area contributed by atoms with Gasteiger partial charge in [-0.2, -0.15) is 5.26 Å². The molecule has 192 valence electrons. The summed E-state index contributed by atoms with van der Waals surface area (Å²) in [4.78, 5) is 27.5. The molecule has 4 saturated carbocycles. The van der Waals surface area contributed by atoms with E-state index in [1.165, 1.54) is 6.42 Å². The monoisotopic (exact) mass is 478 g/mol. The van der Waals surface area contributed by atoms with Gasteiger partial charge in [-0.15, -0.1) is 0 Å². The fourth-order valence-corrected chi connectivity index (χ4v) is 10.8. The van der Waals surface area contributed by atoms with Crippen LogP contribution in [0.5, 0.6) is 0 Å². The van der Waals surface area contributed by atoms with E-state index in [-0.39, 0.29) is 50.6 Å². The van der Waals surface area contributed by atoms with Crippen LogP contribution in [0.25, 0.3) is 0 Å². The molecule has 8 atom stereocenters. The van der Waals surface area contributed by atoms with Crippen LogP contribution >= 0.6 is 0 Å². The summed E-state index contributed by atoms with van der Waals surface area (Å²) in [7, 11) is 0. The van der Waals surface area contributed by atoms with Crippen molar-refractivity contribution in [1.82, 2.24) is 0 Å². The Morgan fingerprint density at radius 3 is 2.23 bits per heavy atom. The number of allylic oxidation sites excluding steroid dienone is 2. The maximum absolute atomic E-state index is 14.4. The molecule has 0 radical (unpaired) electrons. The van der Waals surface area contributed by atoms with E-state index >= 15 is 0 Å². The average molecular weight is 479 g/mol. The summed E-state index contributed by atoms with van der Waals surface area (Å²) in [6.07, 6.45) is 10.2. The van der Waals surface area contributed by atoms with Crippen molar-refractivity contribution in [2.75, 3.05) is 6.54 Å². The summed E-state index contributed by atoms with van der Waals surface area (Å²) >= 11 is 0. The fourth-order valence-electron chi connectivity index (χ4n) is 10.8. The Balaban J connectivity index is 1.63. The Morgan fingerprint density at radius 2 is 1.60 bits per heavy atom. The number of hydrogen-bond donors (Lipinski definition) is 1. The molecule has 0 aromatic heterocycles. The number of nitrogens with two attached hydrogens (primary N) is 1. The van der Waals surface area contributed by atoms with Crippen molar-refractivity contribution in [2.24, 2.45) is 61.9 Å². The van der Waals surface area contributed by atoms with E-state index in [0.29, 0.717) is 30.2 Å². The number of fused-ring (bicyclic) bond motifs is 7. The topological polar surface area (TPSA) is 83.9 Å². The third-order valence-corrected chi connectivity index (χ3v) is 13.1. The normalized spacial score (nSPS) is 50.1. The molecule has 0 aromatic rings. The van der Waals surface area contributed by atoms with E-state index < -0.39 is 5.41 Å². The van der Waals surface area contributed by atoms with Crippen molar-refractivity contribution in [3.63, 3.8) is 0 Å². The highest BCUT2D eigenvalue weighted by atomic mass is 16.1. The van der Waals surface area contributed by atoms with Crippen LogP contribution in [0.4, 0.5) is 0 Å². The van der Waals surface area contributed by atoms with E-state index in [2.05, 4.69) is 40.7 Å². The van der Waals surface area contributed by atoms with Crippen LogP contribution in [0.3, 0.4) is 0 Å². The third kappa shape index (κ3) is 3.00. The molecule has 0 spiro atoms. The second-order valence-electron chi connectivity index (χ2n) is 15.3. The number of carbonyl (C=O) groups is 2. The summed E-state index contributed by atoms with van der Waals surface area (Å²) in [6, 6.07) is 2.22. The molecule has 0 aliphatic heterocycles. The molecule has 35 heavy (non-hydrogen) atoms. The van der Waals surface area contributed by atoms with Crippen LogP contribution in [-0.2, 0) is 9.59 Å². The van der Waals surface area contributed by atoms with E-state index in [4.69, 9.17) is 5.73 Å². The van der Waals surface area contributed by atoms with Crippen molar-refractivity contribution >= 4 is 11.6 Å². The predicted octanol–water partition coefficient (Wildman–Crippen LogP) is 6.24. The van der Waals surface area contributed by atoms with Crippen molar-refractivity contribution in [1.29, 1.82) is 5.26 Å². The molecule has 1 unspecified atom stereocenters. The number of nitrogens with zero attached hydrogens (tertiary/aromatic N) is 1. The quantitative estimate of drug-likeness (QED) is 0.483. The minimum absolute atomic E-state index is 0.00723. The fraction of sp³-hybridized carbons (Fsp3) is 0.839. The van der Waals surface area contributed by atoms with Gasteiger partial charge in [0.2, 0.25) is 0 Å². The molecular formula is C31H46N2O2. The highest BCUT2D eigenvalue weighted by Crippen LogP contribution is 2.75. The lowest BCUT2D eigenvalue weighted by Crippen LogP contribution is -2.69. The molecular weight excluding hydrogens is 432 g/mol. The number of hydrogen-bond acceptors (Lipinski definition) is 4. The molecule has 0 amide bonds. The largest absolute Gasteiger partial charge is 0.330 e. The van der Waals surface area contributed by atoms with Gasteiger partial charge in [-0.3, -0.25) is 9.59 Å². The van der Waals surface area contributed by atoms with Crippen LogP contribution in [-0.4, -0.2) is 18.1 Å². The van der Waals surface area contributed by atoms with E-state index in [9.17, 15) is 14.9 Å². The second kappa shape index (κ2) is 7.31. The molecule has 0 heterocycles. The minimum atomic E-state index is -0.578. The summed E-state index contributed by atoms with van der Waals surface area (Å²) in [6.45, 7) is 16.7. The van der Waals surface area contributed by atoms with Gasteiger partial charge in [0.1, 0.15) is 11.9 Å². The van der Waals surface area contributed by atoms with Crippen LogP contribution in [0.15, 0.2) is 11.6 Å². The van der Waals surface area contributed by atoms with Gasteiger partial charge in [-0.1, -0.05) is 54.5 Å². The Morgan fingerprint density at radius 1 is 0.943 bits per heavy atom. The SMILES string of the molecule is CC1(C)CC[C@]2(CN)CC[C@]3(C)[C@H](C(=O)C[C@@H]4[C@@]5(C)C=C(C#N)C(=O)C(C)(C)C5CC[C@]43C)[C@@H]2C1. The molecule has 4 heteroatoms. The Hall–Kier alpha value is -1.47. The van der Waals surface area contributed by atoms with Crippen molar-refractivity contribution < 1.29 is 9.59 Å². The summed E-state index contributed by atoms with van der Waals surface area (Å²) in [5.74, 6) is 1.15. The van der Waals surface area contributed by atoms with Crippen molar-refractivity contribution in [3.8, 4) is 6.07 Å². The van der Waals surface area contributed by atoms with Gasteiger partial charge in [0, 0.05) is 17.8 Å². The number of carbonyl (C=O) groups excluding carboxylic acids is 2. The van der Waals surface area contributed by atoms with Crippen LogP contribution in [0, 0.1) is 67.5 Å². The summed E-state index contributed by atoms with van der Waals surface area (Å²) in [5, 5.41) is 9.86. The lowest BCUT2D eigenvalue weighted by atomic mass is 9.31. The van der Waals surface area contributed by atoms with Gasteiger partial charge in [0.05, 0.1) is 5.57 Å². The Labute approximate surface area is 212 Å². The van der Waals surface area contributed by atoms with Gasteiger partial charge in [-0.25, -0.2) is 0 Å². The third-order valence-electron chi connectivity index (χ3n) is 13.1. The van der Waals surface area contributed by atoms with Crippen molar-refractivity contribution in [3.05, 3.63) is 11.6 Å². The lowest BCUT2D eigenvalue weighted by Gasteiger charge is -2.72. The summed E-state index contributed by atoms with van der Waals surface area (Å²) in [5.41, 5.74) is 6.18. The van der Waals surface area contributed by atoms with Crippen LogP contribution < -0.4 is 5.73 Å². The molecule has 4 nitrogen and oxygen atoms in total. The molecule has 0 aromatic carbocycles. The summed E-state index contributed by atoms with van der Waals surface area (Å²) < 4.78 is 0. The first-order chi connectivity index (χ1) is 16.1. The van der Waals surface area contributed by atoms with Crippen LogP contribution in [0.2, 0.25) is 0 Å². The predicted molar refractivity (Wildman–Crippen MR) is 138 cm³/mol. The zero-order chi connectivity index (χ0) is 25.8. The zero-order valence-electron chi connectivity index (χ0n) is 23.1. The number of rotatable bonds is 1. The molecule has 5 aliphatic rings. The highest BCUT2D eigenvalue weighted by Gasteiger charge is 2.71. The van der Waals surface area contributed by atoms with E-state index in [1.54, 1.807) is 0 Å². The Kier molecular flexibility index (Phi) is 5.26. The second-order valence-corrected chi connectivity index (χ2v) is 15.3. The van der Waals surface area contributed by atoms with E-state index in [1.807, 2.05) is 19.9 Å². The van der Waals surface area contributed by atoms with E-state index in [0.717, 1.165) is 38.5 Å². The number of ketones is 2. The molecule has 0 bridgehead atoms. The number of nitriles is 1. The first kappa shape index (κ1) is 25.2. The lowest BCUT2D eigenvalue weighted by molar-refractivity contribution is -0.221. The zero-order valence-corrected chi connectivity index (χ0v) is 23.1. The van der Waals surface area contributed by atoms with Gasteiger partial charge in [0.25, 0.3) is 0 Å². The minimum Gasteiger partial charge on any atom is -0.330 e. The molecule has 4 fully saturated rings. The van der Waals surface area contributed by atoms with Gasteiger partial charge >= 0.3 is 0 Å². The van der Waals surface area contributed by atoms with Gasteiger partial charge in [-0.05, 0) is 96.3 Å². The first-order valence-corrected chi connectivity index (χ1v) is 14.0. The Bertz CT molecular complexity index is 1050. The number of Topliss-reactive ketones (excluding diaryl/α,β-unsaturated/α-hetero) is 2. The first-order valence-electron chi connectivity index (χ1n) is 14.0. The van der Waals surface area contributed by atoms with Gasteiger partial charge < -0.3 is 5.73 Å².